The van der Waals surface area contributed by atoms with Crippen LogP contribution in [0.4, 0.5) is 27.1 Å². The standard InChI is InChI=1S/C37H33Cl2N3O11.C22H14Cl2O6.C7H5FN2O4/c1-40(21-24(43)7-5-13-52-15-14-51-12-4-6-22-10-11-23(41(47)48)16-31(22)42(49)50)37(46)26-9-3-2-8-25(26)36-27-17-29(38)32(44)19-34(27)53-35-20-33(45)30(39)18-28(35)36;1-10(25)29-20-9-19-14(7-16(20)24)21(11-4-2-3-5-12(11)22(27)28)13-6-15(23)17(26)8-18(13)30-19;8-4-5-6(9(11)12)2-1-3-7(5)10(13)14/h2-3,8-11,16-20,44H,4-7,12-15,21H2,1H3;2-9,20,26H,1H3,(H,27,28);1-3H,4H2/i;;4D. The second kappa shape index (κ2) is 32.2. The molecule has 2 heterocycles. The number of nitrogens with zero attached hydrogens (tertiary/aromatic N) is 5. The van der Waals surface area contributed by atoms with Crippen LogP contribution < -0.4 is 10.2 Å². The number of ether oxygens (including phenoxy) is 4. The molecule has 26 nitrogen and oxygen atoms in total. The molecule has 2 unspecified atom stereocenters. The average Bonchev–Trinajstić information content (AvgIpc) is 0.748. The van der Waals surface area contributed by atoms with Crippen LogP contribution in [0.25, 0.3) is 39.0 Å². The van der Waals surface area contributed by atoms with Crippen molar-refractivity contribution in [1.82, 2.24) is 4.90 Å². The summed E-state index contributed by atoms with van der Waals surface area (Å²) >= 11 is 25.0. The molecule has 0 radical (unpaired) electrons. The molecule has 0 spiro atoms. The lowest BCUT2D eigenvalue weighted by Crippen LogP contribution is -2.32. The quantitative estimate of drug-likeness (QED) is 0.0176. The van der Waals surface area contributed by atoms with Gasteiger partial charge in [-0.3, -0.25) is 59.6 Å². The van der Waals surface area contributed by atoms with Gasteiger partial charge in [0.05, 0.1) is 72.6 Å². The number of hydrogen-bond acceptors (Lipinski definition) is 20. The topological polar surface area (TPSA) is 372 Å². The first kappa shape index (κ1) is 70.6. The molecule has 2 aliphatic heterocycles. The Morgan fingerprint density at radius 2 is 1.30 bits per heavy atom. The van der Waals surface area contributed by atoms with Crippen molar-refractivity contribution < 1.29 is 83.3 Å². The van der Waals surface area contributed by atoms with E-state index in [1.807, 2.05) is 0 Å². The molecule has 31 heteroatoms. The second-order valence-electron chi connectivity index (χ2n) is 21.0. The summed E-state index contributed by atoms with van der Waals surface area (Å²) in [5.41, 5.74) is 0.865. The highest BCUT2D eigenvalue weighted by molar-refractivity contribution is 6.34. The number of hydrogen-bond donors (Lipinski definition) is 3. The van der Waals surface area contributed by atoms with E-state index in [-0.39, 0.29) is 110 Å². The van der Waals surface area contributed by atoms with Gasteiger partial charge < -0.3 is 43.6 Å². The van der Waals surface area contributed by atoms with Crippen molar-refractivity contribution >= 4 is 109 Å². The van der Waals surface area contributed by atoms with Crippen molar-refractivity contribution in [2.75, 3.05) is 40.0 Å². The number of alkyl halides is 1. The number of esters is 1. The number of ketones is 1. The van der Waals surface area contributed by atoms with Crippen LogP contribution in [0, 0.1) is 40.5 Å². The monoisotopic (exact) mass is 1410 g/mol. The Labute approximate surface area is 568 Å². The van der Waals surface area contributed by atoms with Crippen LogP contribution in [-0.4, -0.2) is 110 Å². The Morgan fingerprint density at radius 1 is 0.691 bits per heavy atom. The zero-order valence-corrected chi connectivity index (χ0v) is 53.6. The van der Waals surface area contributed by atoms with E-state index < -0.39 is 72.7 Å². The maximum atomic E-state index is 13.8. The fourth-order valence-corrected chi connectivity index (χ4v) is 10.9. The Bertz CT molecular complexity index is 4630. The molecule has 0 aromatic heterocycles. The predicted octanol–water partition coefficient (Wildman–Crippen LogP) is 14.3. The maximum absolute atomic E-state index is 13.8. The molecule has 6 aromatic rings. The number of nitro groups is 4. The van der Waals surface area contributed by atoms with Crippen LogP contribution in [0.5, 0.6) is 17.2 Å². The van der Waals surface area contributed by atoms with Crippen molar-refractivity contribution in [1.29, 1.82) is 0 Å². The Morgan fingerprint density at radius 3 is 1.93 bits per heavy atom. The zero-order valence-electron chi connectivity index (χ0n) is 51.5. The number of rotatable bonds is 23. The fraction of sp³-hybridized carbons (Fsp3) is 0.197. The minimum Gasteiger partial charge on any atom is -0.506 e. The summed E-state index contributed by atoms with van der Waals surface area (Å²) in [5.74, 6) is -1.86. The van der Waals surface area contributed by atoms with Gasteiger partial charge >= 0.3 is 11.9 Å². The smallest absolute Gasteiger partial charge is 0.336 e. The molecule has 3 N–H and O–H groups in total. The number of phenols is 2. The van der Waals surface area contributed by atoms with Crippen molar-refractivity contribution in [2.24, 2.45) is 0 Å². The molecule has 1 amide bonds. The van der Waals surface area contributed by atoms with Gasteiger partial charge in [-0.15, -0.1) is 0 Å². The summed E-state index contributed by atoms with van der Waals surface area (Å²) in [7, 11) is 1.52. The molecule has 0 saturated heterocycles. The van der Waals surface area contributed by atoms with Gasteiger partial charge in [0.15, 0.2) is 11.9 Å². The first-order valence-corrected chi connectivity index (χ1v) is 30.1. The normalized spacial score (nSPS) is 13.4. The SMILES string of the molecule is CC(=O)OC1C=C2Oc3cc(O)c(Cl)cc3C(c3ccccc3C(=O)O)=C2C=C1Cl.CN(CC(=O)CCCOCCOCCCc1ccc([N+](=O)[O-])cc1[N+](=O)[O-])C(=O)c1ccccc1-c1c2cc(Cl)c(=O)cc-2oc2cc(O)c(Cl)cc12.[2H]C(F)c1c([N+](=O)[O-])cccc1[N+](=O)[O-]. The van der Waals surface area contributed by atoms with Crippen LogP contribution in [0.3, 0.4) is 0 Å². The van der Waals surface area contributed by atoms with E-state index in [0.29, 0.717) is 81.5 Å². The second-order valence-corrected chi connectivity index (χ2v) is 22.7. The van der Waals surface area contributed by atoms with Crippen LogP contribution >= 0.6 is 46.4 Å². The average molecular weight is 1410 g/mol. The number of Topliss-reactive ketones (excluding diaryl/α,β-unsaturated/α-hetero) is 1. The summed E-state index contributed by atoms with van der Waals surface area (Å²) in [6.07, 6.45) is 3.62. The van der Waals surface area contributed by atoms with E-state index in [2.05, 4.69) is 0 Å². The molecule has 502 valence electrons. The van der Waals surface area contributed by atoms with E-state index in [1.54, 1.807) is 48.5 Å². The third-order valence-electron chi connectivity index (χ3n) is 14.6. The molecule has 0 fully saturated rings. The van der Waals surface area contributed by atoms with Gasteiger partial charge in [0, 0.05) is 120 Å². The summed E-state index contributed by atoms with van der Waals surface area (Å²) < 4.78 is 47.6. The summed E-state index contributed by atoms with van der Waals surface area (Å²) in [4.78, 5) is 103. The van der Waals surface area contributed by atoms with Gasteiger partial charge in [-0.05, 0) is 78.9 Å². The molecular formula is C66H52Cl4FN5O21. The third-order valence-corrected chi connectivity index (χ3v) is 15.8. The summed E-state index contributed by atoms with van der Waals surface area (Å²) in [5, 5.41) is 73.8. The highest BCUT2D eigenvalue weighted by atomic mass is 35.5. The molecule has 6 aromatic carbocycles. The number of likely N-dealkylation sites (N-methyl/N-ethyl adjacent to an activating group) is 1. The first-order chi connectivity index (χ1) is 46.6. The molecular weight excluding hydrogens is 1360 g/mol. The Hall–Kier alpha value is -10.7. The number of aryl methyl sites for hydroxylation is 1. The number of amides is 1. The third kappa shape index (κ3) is 17.2. The molecule has 97 heavy (non-hydrogen) atoms. The number of phenolic OH excluding ortho intramolecular Hbond substituents is 2. The Kier molecular flexibility index (Phi) is 23.4. The number of carbonyl (C=O) groups excluding carboxylic acids is 3. The minimum absolute atomic E-state index is 0.0480. The maximum Gasteiger partial charge on any atom is 0.336 e. The lowest BCUT2D eigenvalue weighted by molar-refractivity contribution is -0.395. The number of carboxylic acid groups (broad SMARTS) is 1. The summed E-state index contributed by atoms with van der Waals surface area (Å²) in [6, 6.07) is 28.1. The molecule has 2 aliphatic carbocycles. The van der Waals surface area contributed by atoms with Crippen molar-refractivity contribution in [3.8, 4) is 39.7 Å². The highest BCUT2D eigenvalue weighted by Gasteiger charge is 2.34. The number of benzene rings is 7. The van der Waals surface area contributed by atoms with Crippen LogP contribution in [0.1, 0.15) is 70.5 Å². The zero-order chi connectivity index (χ0) is 71.4. The highest BCUT2D eigenvalue weighted by Crippen LogP contribution is 2.49. The van der Waals surface area contributed by atoms with Crippen molar-refractivity contribution in [3.05, 3.63) is 249 Å². The van der Waals surface area contributed by atoms with Gasteiger partial charge in [-0.25, -0.2) is 9.18 Å². The van der Waals surface area contributed by atoms with Gasteiger partial charge in [-0.2, -0.15) is 0 Å². The van der Waals surface area contributed by atoms with E-state index >= 15 is 0 Å². The number of allylic oxidation sites excluding steroid dienone is 1. The lowest BCUT2D eigenvalue weighted by atomic mass is 9.85. The van der Waals surface area contributed by atoms with Gasteiger partial charge in [0.1, 0.15) is 46.6 Å². The molecule has 10 rings (SSSR count). The molecule has 0 saturated carbocycles. The number of nitro benzene ring substituents is 4. The van der Waals surface area contributed by atoms with Crippen molar-refractivity contribution in [3.63, 3.8) is 0 Å². The largest absolute Gasteiger partial charge is 0.506 e. The number of halogens is 5. The number of carbonyl (C=O) groups is 4. The fourth-order valence-electron chi connectivity index (χ4n) is 10.2. The Balaban J connectivity index is 0.000000225. The number of aromatic hydroxyl groups is 2. The van der Waals surface area contributed by atoms with Gasteiger partial charge in [0.2, 0.25) is 5.43 Å². The number of aromatic carboxylic acids is 1. The van der Waals surface area contributed by atoms with Crippen LogP contribution in [0.15, 0.2) is 159 Å². The minimum atomic E-state index is -2.51. The first-order valence-electron chi connectivity index (χ1n) is 29.2. The van der Waals surface area contributed by atoms with Crippen LogP contribution in [-0.2, 0) is 36.9 Å². The number of fused-ring (bicyclic) bond motifs is 4. The molecule has 4 aliphatic rings. The van der Waals surface area contributed by atoms with Gasteiger partial charge in [-0.1, -0.05) is 82.8 Å². The molecule has 2 atom stereocenters. The predicted molar refractivity (Wildman–Crippen MR) is 352 cm³/mol. The number of carboxylic acids is 1. The molecule has 0 bridgehead atoms. The van der Waals surface area contributed by atoms with E-state index in [9.17, 15) is 84.1 Å². The lowest BCUT2D eigenvalue weighted by Gasteiger charge is -2.29. The van der Waals surface area contributed by atoms with E-state index in [4.69, 9.17) is 71.1 Å². The number of non-ortho nitro benzene ring substituents is 1. The van der Waals surface area contributed by atoms with Crippen LogP contribution in [0.2, 0.25) is 15.1 Å². The van der Waals surface area contributed by atoms with Crippen molar-refractivity contribution in [2.45, 2.75) is 45.4 Å². The van der Waals surface area contributed by atoms with E-state index in [1.165, 1.54) is 79.5 Å². The van der Waals surface area contributed by atoms with E-state index in [0.717, 1.165) is 24.3 Å². The van der Waals surface area contributed by atoms with Gasteiger partial charge in [0.25, 0.3) is 28.7 Å². The summed E-state index contributed by atoms with van der Waals surface area (Å²) in [6.45, 7) is -0.271.